The van der Waals surface area contributed by atoms with E-state index in [2.05, 4.69) is 10.2 Å². The Morgan fingerprint density at radius 2 is 1.62 bits per heavy atom. The molecule has 0 amide bonds. The van der Waals surface area contributed by atoms with Crippen molar-refractivity contribution in [3.63, 3.8) is 0 Å². The molecular formula is C17H14N2OS. The van der Waals surface area contributed by atoms with Crippen LogP contribution in [0.25, 0.3) is 10.8 Å². The lowest BCUT2D eigenvalue weighted by molar-refractivity contribution is 0.102. The van der Waals surface area contributed by atoms with Gasteiger partial charge in [0, 0.05) is 16.3 Å². The molecule has 0 N–H and O–H groups in total. The minimum Gasteiger partial charge on any atom is -0.293 e. The number of rotatable bonds is 4. The van der Waals surface area contributed by atoms with Gasteiger partial charge in [-0.15, -0.1) is 5.10 Å². The molecule has 4 heteroatoms. The van der Waals surface area contributed by atoms with Gasteiger partial charge in [0.2, 0.25) is 0 Å². The predicted molar refractivity (Wildman–Crippen MR) is 85.8 cm³/mol. The van der Waals surface area contributed by atoms with Gasteiger partial charge in [0.1, 0.15) is 5.03 Å². The molecule has 0 bridgehead atoms. The molecule has 3 nitrogen and oxygen atoms in total. The van der Waals surface area contributed by atoms with E-state index in [1.54, 1.807) is 0 Å². The zero-order valence-corrected chi connectivity index (χ0v) is 12.4. The van der Waals surface area contributed by atoms with Crippen molar-refractivity contribution in [3.8, 4) is 0 Å². The quantitative estimate of drug-likeness (QED) is 0.540. The van der Waals surface area contributed by atoms with Gasteiger partial charge in [0.05, 0.1) is 11.4 Å². The van der Waals surface area contributed by atoms with Crippen LogP contribution < -0.4 is 0 Å². The molecule has 104 valence electrons. The fraction of sp³-hybridized carbons (Fsp3) is 0.118. The fourth-order valence-electron chi connectivity index (χ4n) is 2.16. The molecule has 0 unspecified atom stereocenters. The van der Waals surface area contributed by atoms with E-state index in [0.29, 0.717) is 5.75 Å². The largest absolute Gasteiger partial charge is 0.293 e. The summed E-state index contributed by atoms with van der Waals surface area (Å²) in [5, 5.41) is 11.4. The maximum Gasteiger partial charge on any atom is 0.173 e. The molecule has 21 heavy (non-hydrogen) atoms. The van der Waals surface area contributed by atoms with Crippen LogP contribution in [-0.2, 0) is 0 Å². The number of hydrogen-bond donors (Lipinski definition) is 0. The molecule has 0 aliphatic heterocycles. The number of fused-ring (bicyclic) bond motifs is 1. The van der Waals surface area contributed by atoms with E-state index in [9.17, 15) is 4.79 Å². The Bertz CT molecular complexity index is 787. The van der Waals surface area contributed by atoms with Crippen LogP contribution in [0.4, 0.5) is 0 Å². The topological polar surface area (TPSA) is 42.9 Å². The molecule has 1 aromatic heterocycles. The summed E-state index contributed by atoms with van der Waals surface area (Å²) in [5.41, 5.74) is 1.64. The first-order chi connectivity index (χ1) is 10.3. The molecule has 2 aromatic carbocycles. The first-order valence-electron chi connectivity index (χ1n) is 6.69. The summed E-state index contributed by atoms with van der Waals surface area (Å²) in [7, 11) is 0. The molecule has 3 aromatic rings. The number of carbonyl (C=O) groups excluding carboxylic acids is 1. The molecule has 0 radical (unpaired) electrons. The molecule has 0 fully saturated rings. The lowest BCUT2D eigenvalue weighted by Crippen LogP contribution is -2.03. The summed E-state index contributed by atoms with van der Waals surface area (Å²) in [5.74, 6) is 0.471. The number of aryl methyl sites for hydroxylation is 1. The zero-order chi connectivity index (χ0) is 14.7. The van der Waals surface area contributed by atoms with Crippen molar-refractivity contribution in [2.24, 2.45) is 0 Å². The summed E-state index contributed by atoms with van der Waals surface area (Å²) >= 11 is 1.44. The average molecular weight is 294 g/mol. The zero-order valence-electron chi connectivity index (χ0n) is 11.6. The number of aromatic nitrogens is 2. The van der Waals surface area contributed by atoms with Gasteiger partial charge in [-0.1, -0.05) is 66.4 Å². The van der Waals surface area contributed by atoms with E-state index in [1.807, 2.05) is 61.5 Å². The molecular weight excluding hydrogens is 280 g/mol. The summed E-state index contributed by atoms with van der Waals surface area (Å²) in [4.78, 5) is 12.2. The van der Waals surface area contributed by atoms with Crippen LogP contribution in [0.2, 0.25) is 0 Å². The lowest BCUT2D eigenvalue weighted by atomic mass is 10.1. The lowest BCUT2D eigenvalue weighted by Gasteiger charge is -2.06. The molecule has 3 rings (SSSR count). The number of benzene rings is 2. The Hall–Kier alpha value is -2.20. The summed E-state index contributed by atoms with van der Waals surface area (Å²) in [6.07, 6.45) is 0. The first-order valence-corrected chi connectivity index (χ1v) is 7.67. The first kappa shape index (κ1) is 13.8. The van der Waals surface area contributed by atoms with E-state index < -0.39 is 0 Å². The van der Waals surface area contributed by atoms with Crippen molar-refractivity contribution in [1.29, 1.82) is 0 Å². The minimum atomic E-state index is 0.104. The molecule has 0 aliphatic rings. The van der Waals surface area contributed by atoms with Crippen LogP contribution in [0.3, 0.4) is 0 Å². The van der Waals surface area contributed by atoms with Crippen molar-refractivity contribution in [1.82, 2.24) is 10.2 Å². The number of thioether (sulfide) groups is 1. The van der Waals surface area contributed by atoms with Crippen LogP contribution >= 0.6 is 11.8 Å². The predicted octanol–water partition coefficient (Wildman–Crippen LogP) is 3.91. The Labute approximate surface area is 127 Å². The van der Waals surface area contributed by atoms with Gasteiger partial charge in [0.25, 0.3) is 0 Å². The van der Waals surface area contributed by atoms with Crippen LogP contribution in [-0.4, -0.2) is 21.7 Å². The van der Waals surface area contributed by atoms with E-state index in [-0.39, 0.29) is 5.78 Å². The van der Waals surface area contributed by atoms with Crippen molar-refractivity contribution < 1.29 is 4.79 Å². The van der Waals surface area contributed by atoms with Gasteiger partial charge in [-0.25, -0.2) is 0 Å². The maximum atomic E-state index is 12.2. The van der Waals surface area contributed by atoms with Crippen molar-refractivity contribution in [2.45, 2.75) is 11.9 Å². The number of ketones is 1. The van der Waals surface area contributed by atoms with Crippen LogP contribution in [0.5, 0.6) is 0 Å². The highest BCUT2D eigenvalue weighted by Gasteiger charge is 2.10. The van der Waals surface area contributed by atoms with Crippen molar-refractivity contribution in [2.75, 3.05) is 5.75 Å². The van der Waals surface area contributed by atoms with Gasteiger partial charge in [0.15, 0.2) is 5.78 Å². The smallest absolute Gasteiger partial charge is 0.173 e. The van der Waals surface area contributed by atoms with Gasteiger partial charge < -0.3 is 0 Å². The Kier molecular flexibility index (Phi) is 3.97. The molecule has 0 saturated carbocycles. The second kappa shape index (κ2) is 6.06. The van der Waals surface area contributed by atoms with Gasteiger partial charge in [-0.3, -0.25) is 4.79 Å². The normalized spacial score (nSPS) is 10.7. The molecule has 0 atom stereocenters. The fourth-order valence-corrected chi connectivity index (χ4v) is 3.03. The molecule has 0 spiro atoms. The van der Waals surface area contributed by atoms with Crippen LogP contribution in [0, 0.1) is 6.92 Å². The number of hydrogen-bond acceptors (Lipinski definition) is 4. The van der Waals surface area contributed by atoms with Gasteiger partial charge in [-0.05, 0) is 6.92 Å². The monoisotopic (exact) mass is 294 g/mol. The van der Waals surface area contributed by atoms with Crippen molar-refractivity contribution in [3.05, 3.63) is 65.9 Å². The van der Waals surface area contributed by atoms with E-state index in [1.165, 1.54) is 11.8 Å². The Morgan fingerprint density at radius 1 is 0.952 bits per heavy atom. The molecule has 1 heterocycles. The highest BCUT2D eigenvalue weighted by atomic mass is 32.2. The molecule has 0 aliphatic carbocycles. The van der Waals surface area contributed by atoms with E-state index >= 15 is 0 Å². The highest BCUT2D eigenvalue weighted by Crippen LogP contribution is 2.26. The van der Waals surface area contributed by atoms with Crippen molar-refractivity contribution >= 4 is 28.3 Å². The summed E-state index contributed by atoms with van der Waals surface area (Å²) in [6.45, 7) is 1.94. The Balaban J connectivity index is 1.83. The Morgan fingerprint density at radius 3 is 2.38 bits per heavy atom. The SMILES string of the molecule is Cc1nnc(SCC(=O)c2ccccc2)c2ccccc12. The van der Waals surface area contributed by atoms with Crippen LogP contribution in [0.1, 0.15) is 16.1 Å². The van der Waals surface area contributed by atoms with Gasteiger partial charge >= 0.3 is 0 Å². The average Bonchev–Trinajstić information content (AvgIpc) is 2.55. The van der Waals surface area contributed by atoms with Gasteiger partial charge in [-0.2, -0.15) is 5.10 Å². The number of nitrogens with zero attached hydrogens (tertiary/aromatic N) is 2. The third-order valence-electron chi connectivity index (χ3n) is 3.27. The highest BCUT2D eigenvalue weighted by molar-refractivity contribution is 8.00. The summed E-state index contributed by atoms with van der Waals surface area (Å²) < 4.78 is 0. The standard InChI is InChI=1S/C17H14N2OS/c1-12-14-9-5-6-10-15(14)17(19-18-12)21-11-16(20)13-7-3-2-4-8-13/h2-10H,11H2,1H3. The second-order valence-electron chi connectivity index (χ2n) is 4.71. The molecule has 0 saturated heterocycles. The minimum absolute atomic E-state index is 0.104. The third-order valence-corrected chi connectivity index (χ3v) is 4.26. The van der Waals surface area contributed by atoms with Crippen LogP contribution in [0.15, 0.2) is 59.6 Å². The third kappa shape index (κ3) is 2.95. The van der Waals surface area contributed by atoms with E-state index in [0.717, 1.165) is 27.1 Å². The second-order valence-corrected chi connectivity index (χ2v) is 5.68. The van der Waals surface area contributed by atoms with E-state index in [4.69, 9.17) is 0 Å². The maximum absolute atomic E-state index is 12.2. The summed E-state index contributed by atoms with van der Waals surface area (Å²) in [6, 6.07) is 17.3. The number of carbonyl (C=O) groups is 1. The number of Topliss-reactive ketones (excluding diaryl/α,β-unsaturated/α-hetero) is 1.